The van der Waals surface area contributed by atoms with Gasteiger partial charge in [0.2, 0.25) is 0 Å². The quantitative estimate of drug-likeness (QED) is 0.0830. The highest BCUT2D eigenvalue weighted by atomic mass is 16.5. The van der Waals surface area contributed by atoms with Gasteiger partial charge in [-0.3, -0.25) is 0 Å². The van der Waals surface area contributed by atoms with E-state index in [1.807, 2.05) is 72.8 Å². The summed E-state index contributed by atoms with van der Waals surface area (Å²) >= 11 is 0. The smallest absolute Gasteiger partial charge is 0.119 e. The highest BCUT2D eigenvalue weighted by molar-refractivity contribution is 5.91. The van der Waals surface area contributed by atoms with Crippen LogP contribution in [0.5, 0.6) is 34.5 Å². The monoisotopic (exact) mass is 1260 g/mol. The van der Waals surface area contributed by atoms with Crippen molar-refractivity contribution >= 4 is 68.2 Å². The van der Waals surface area contributed by atoms with E-state index in [4.69, 9.17) is 28.4 Å². The van der Waals surface area contributed by atoms with Crippen LogP contribution in [0, 0.1) is 13.8 Å². The van der Waals surface area contributed by atoms with Crippen LogP contribution in [-0.2, 0) is 10.8 Å². The average Bonchev–Trinajstić information content (AvgIpc) is 1.58. The lowest BCUT2D eigenvalue weighted by molar-refractivity contribution is 0.414. The summed E-state index contributed by atoms with van der Waals surface area (Å²) in [6.45, 7) is 13.6. The van der Waals surface area contributed by atoms with Gasteiger partial charge < -0.3 is 48.0 Å². The van der Waals surface area contributed by atoms with Gasteiger partial charge in [-0.25, -0.2) is 0 Å². The van der Waals surface area contributed by atoms with Crippen molar-refractivity contribution in [2.45, 2.75) is 52.4 Å². The Balaban J connectivity index is 0.000000174. The van der Waals surface area contributed by atoms with E-state index in [-0.39, 0.29) is 10.8 Å². The molecule has 0 radical (unpaired) electrons. The zero-order chi connectivity index (χ0) is 66.8. The fraction of sp³-hybridized carbons (Fsp3) is 0.163. The molecule has 2 aliphatic rings. The molecule has 2 aliphatic carbocycles. The molecular formula is C86H80N4O6. The summed E-state index contributed by atoms with van der Waals surface area (Å²) in [6.07, 6.45) is 0. The van der Waals surface area contributed by atoms with Gasteiger partial charge in [0, 0.05) is 79.1 Å². The lowest BCUT2D eigenvalue weighted by atomic mass is 9.82. The molecule has 0 fully saturated rings. The Bertz CT molecular complexity index is 4310. The first-order chi connectivity index (χ1) is 46.6. The van der Waals surface area contributed by atoms with Gasteiger partial charge in [-0.2, -0.15) is 0 Å². The number of hydrogen-bond donors (Lipinski definition) is 0. The third kappa shape index (κ3) is 12.2. The number of methoxy groups -OCH3 is 6. The molecule has 0 atom stereocenters. The molecule has 12 aromatic rings. The molecule has 0 N–H and O–H groups in total. The first-order valence-electron chi connectivity index (χ1n) is 32.4. The summed E-state index contributed by atoms with van der Waals surface area (Å²) in [4.78, 5) is 9.20. The van der Waals surface area contributed by atoms with E-state index >= 15 is 0 Å². The maximum Gasteiger partial charge on any atom is 0.119 e. The molecule has 0 spiro atoms. The van der Waals surface area contributed by atoms with Gasteiger partial charge in [-0.1, -0.05) is 87.4 Å². The van der Waals surface area contributed by atoms with Crippen LogP contribution in [0.1, 0.15) is 61.1 Å². The lowest BCUT2D eigenvalue weighted by Crippen LogP contribution is -2.17. The van der Waals surface area contributed by atoms with Gasteiger partial charge in [0.15, 0.2) is 0 Å². The van der Waals surface area contributed by atoms with Crippen LogP contribution < -0.4 is 48.0 Å². The Kier molecular flexibility index (Phi) is 17.5. The summed E-state index contributed by atoms with van der Waals surface area (Å²) < 4.78 is 32.8. The molecule has 0 saturated heterocycles. The summed E-state index contributed by atoms with van der Waals surface area (Å²) in [6, 6.07) is 94.2. The molecule has 480 valence electrons. The number of ether oxygens (including phenoxy) is 6. The predicted octanol–water partition coefficient (Wildman–Crippen LogP) is 22.5. The first kappa shape index (κ1) is 63.4. The van der Waals surface area contributed by atoms with E-state index in [1.165, 1.54) is 55.6 Å². The zero-order valence-electron chi connectivity index (χ0n) is 56.6. The number of nitrogens with zero attached hydrogens (tertiary/aromatic N) is 4. The van der Waals surface area contributed by atoms with Crippen LogP contribution in [0.25, 0.3) is 22.3 Å². The second-order valence-electron chi connectivity index (χ2n) is 25.4. The van der Waals surface area contributed by atoms with Crippen molar-refractivity contribution in [2.75, 3.05) is 62.3 Å². The summed E-state index contributed by atoms with van der Waals surface area (Å²) in [5.74, 6) is 4.95. The molecule has 10 nitrogen and oxygen atoms in total. The van der Waals surface area contributed by atoms with E-state index in [9.17, 15) is 0 Å². The number of fused-ring (bicyclic) bond motifs is 6. The molecule has 0 bridgehead atoms. The maximum atomic E-state index is 5.47. The van der Waals surface area contributed by atoms with Crippen LogP contribution in [0.3, 0.4) is 0 Å². The number of hydrogen-bond acceptors (Lipinski definition) is 10. The molecule has 0 heterocycles. The number of aryl methyl sites for hydroxylation is 2. The van der Waals surface area contributed by atoms with E-state index in [2.05, 4.69) is 255 Å². The van der Waals surface area contributed by atoms with Gasteiger partial charge in [-0.15, -0.1) is 0 Å². The summed E-state index contributed by atoms with van der Waals surface area (Å²) in [5.41, 5.74) is 25.2. The van der Waals surface area contributed by atoms with E-state index in [0.717, 1.165) is 103 Å². The molecule has 10 heteroatoms. The molecule has 0 unspecified atom stereocenters. The lowest BCUT2D eigenvalue weighted by Gasteiger charge is -2.29. The van der Waals surface area contributed by atoms with Crippen molar-refractivity contribution in [1.29, 1.82) is 0 Å². The Morgan fingerprint density at radius 2 is 0.344 bits per heavy atom. The minimum Gasteiger partial charge on any atom is -0.497 e. The molecular weight excluding hydrogens is 1180 g/mol. The van der Waals surface area contributed by atoms with Crippen molar-refractivity contribution in [1.82, 2.24) is 0 Å². The largest absolute Gasteiger partial charge is 0.497 e. The van der Waals surface area contributed by atoms with Crippen molar-refractivity contribution < 1.29 is 28.4 Å². The van der Waals surface area contributed by atoms with Crippen molar-refractivity contribution in [2.24, 2.45) is 0 Å². The molecule has 0 amide bonds. The number of anilines is 12. The highest BCUT2D eigenvalue weighted by Gasteiger charge is 2.39. The van der Waals surface area contributed by atoms with Crippen molar-refractivity contribution in [3.8, 4) is 56.8 Å². The fourth-order valence-electron chi connectivity index (χ4n) is 13.5. The molecule has 12 aromatic carbocycles. The molecule has 96 heavy (non-hydrogen) atoms. The minimum atomic E-state index is -0.256. The second kappa shape index (κ2) is 26.6. The molecule has 0 aromatic heterocycles. The standard InChI is InChI=1S/C43H40N2O4.C43H40N2O2/c1-43(2)41-27-33(44(29-7-17-35(46-3)18-8-29)30-9-19-36(47-4)20-10-30)15-25-39(41)40-26-16-34(28-42(40)43)45(31-11-21-37(48-5)22-12-31)32-13-23-38(49-6)24-14-32;1-29-7-11-31(12-8-29)44(33-15-21-37(46-5)22-16-33)35-19-25-39-40-26-20-36(28-42(40)43(3,4)41(39)27-35)45(32-13-9-30(2)10-14-32)34-17-23-38(47-6)24-18-34/h7-28H,1-6H3;7-28H,1-6H3. The third-order valence-electron chi connectivity index (χ3n) is 18.9. The van der Waals surface area contributed by atoms with E-state index in [1.54, 1.807) is 42.7 Å². The van der Waals surface area contributed by atoms with E-state index in [0.29, 0.717) is 0 Å². The van der Waals surface area contributed by atoms with Crippen molar-refractivity contribution in [3.05, 3.63) is 300 Å². The van der Waals surface area contributed by atoms with Crippen molar-refractivity contribution in [3.63, 3.8) is 0 Å². The predicted molar refractivity (Wildman–Crippen MR) is 396 cm³/mol. The molecule has 0 saturated carbocycles. The highest BCUT2D eigenvalue weighted by Crippen LogP contribution is 2.55. The minimum absolute atomic E-state index is 0.214. The van der Waals surface area contributed by atoms with Gasteiger partial charge in [0.05, 0.1) is 42.7 Å². The van der Waals surface area contributed by atoms with Crippen LogP contribution in [0.15, 0.2) is 267 Å². The SMILES string of the molecule is COc1ccc(N(c2ccc(C)cc2)c2ccc3c(c2)C(C)(C)c2cc(N(c4ccc(C)cc4)c4ccc(OC)cc4)ccc2-3)cc1.COc1ccc(N(c2ccc(OC)cc2)c2ccc3c(c2)C(C)(C)c2cc(N(c4ccc(OC)cc4)c4ccc(OC)cc4)ccc2-3)cc1. The second-order valence-corrected chi connectivity index (χ2v) is 25.4. The van der Waals surface area contributed by atoms with Gasteiger partial charge in [0.25, 0.3) is 0 Å². The summed E-state index contributed by atoms with van der Waals surface area (Å²) in [7, 11) is 10.2. The van der Waals surface area contributed by atoms with Crippen LogP contribution in [0.2, 0.25) is 0 Å². The van der Waals surface area contributed by atoms with Gasteiger partial charge >= 0.3 is 0 Å². The Hall–Kier alpha value is -11.4. The topological polar surface area (TPSA) is 68.3 Å². The first-order valence-corrected chi connectivity index (χ1v) is 32.4. The zero-order valence-corrected chi connectivity index (χ0v) is 56.6. The molecule has 14 rings (SSSR count). The Morgan fingerprint density at radius 1 is 0.198 bits per heavy atom. The van der Waals surface area contributed by atoms with Crippen LogP contribution in [-0.4, -0.2) is 42.7 Å². The van der Waals surface area contributed by atoms with E-state index < -0.39 is 0 Å². The summed E-state index contributed by atoms with van der Waals surface area (Å²) in [5, 5.41) is 0. The Labute approximate surface area is 565 Å². The van der Waals surface area contributed by atoms with Crippen LogP contribution >= 0.6 is 0 Å². The van der Waals surface area contributed by atoms with Crippen LogP contribution in [0.4, 0.5) is 68.2 Å². The average molecular weight is 1270 g/mol. The molecule has 0 aliphatic heterocycles. The normalized spacial score (nSPS) is 12.5. The van der Waals surface area contributed by atoms with Gasteiger partial charge in [0.1, 0.15) is 34.5 Å². The Morgan fingerprint density at radius 3 is 0.500 bits per heavy atom. The number of benzene rings is 12. The maximum absolute atomic E-state index is 5.47. The third-order valence-corrected chi connectivity index (χ3v) is 18.9. The number of rotatable bonds is 18. The van der Waals surface area contributed by atoms with Gasteiger partial charge in [-0.05, 0) is 277 Å². The fourth-order valence-corrected chi connectivity index (χ4v) is 13.5.